The van der Waals surface area contributed by atoms with Gasteiger partial charge < -0.3 is 10.4 Å². The van der Waals surface area contributed by atoms with Crippen LogP contribution in [0.25, 0.3) is 0 Å². The summed E-state index contributed by atoms with van der Waals surface area (Å²) in [6, 6.07) is 11.7. The van der Waals surface area contributed by atoms with Gasteiger partial charge in [-0.1, -0.05) is 32.0 Å². The van der Waals surface area contributed by atoms with Gasteiger partial charge in [-0.2, -0.15) is 0 Å². The van der Waals surface area contributed by atoms with E-state index in [0.717, 1.165) is 18.7 Å². The highest BCUT2D eigenvalue weighted by Gasteiger charge is 2.20. The normalized spacial score (nSPS) is 11.7. The molecule has 3 heteroatoms. The summed E-state index contributed by atoms with van der Waals surface area (Å²) < 4.78 is 0. The van der Waals surface area contributed by atoms with Crippen LogP contribution in [0.4, 0.5) is 0 Å². The molecule has 2 N–H and O–H groups in total. The molecule has 96 valence electrons. The summed E-state index contributed by atoms with van der Waals surface area (Å²) in [5.74, 6) is 0.326. The van der Waals surface area contributed by atoms with Crippen LogP contribution in [-0.4, -0.2) is 11.7 Å². The summed E-state index contributed by atoms with van der Waals surface area (Å²) in [4.78, 5) is 1.39. The number of benzene rings is 1. The molecule has 0 saturated heterocycles. The van der Waals surface area contributed by atoms with Gasteiger partial charge in [0.15, 0.2) is 0 Å². The second-order valence-corrected chi connectivity index (χ2v) is 6.08. The molecule has 0 aliphatic heterocycles. The number of hydrogen-bond acceptors (Lipinski definition) is 3. The maximum Gasteiger partial charge on any atom is 0.115 e. The molecule has 1 heterocycles. The second-order valence-electron chi connectivity index (χ2n) is 5.13. The Bertz CT molecular complexity index is 491. The van der Waals surface area contributed by atoms with Crippen molar-refractivity contribution in [3.05, 3.63) is 52.2 Å². The first-order valence-corrected chi connectivity index (χ1v) is 6.98. The van der Waals surface area contributed by atoms with Crippen molar-refractivity contribution in [2.24, 2.45) is 0 Å². The SMILES string of the molecule is CC(C)(CNCc1cccc(O)c1)c1cccs1. The van der Waals surface area contributed by atoms with Crippen molar-refractivity contribution < 1.29 is 5.11 Å². The van der Waals surface area contributed by atoms with Crippen molar-refractivity contribution in [1.29, 1.82) is 0 Å². The van der Waals surface area contributed by atoms with Gasteiger partial charge in [-0.25, -0.2) is 0 Å². The van der Waals surface area contributed by atoms with Crippen LogP contribution in [0.1, 0.15) is 24.3 Å². The lowest BCUT2D eigenvalue weighted by Gasteiger charge is -2.23. The third kappa shape index (κ3) is 3.34. The fourth-order valence-corrected chi connectivity index (χ4v) is 2.79. The summed E-state index contributed by atoms with van der Waals surface area (Å²) in [5, 5.41) is 15.0. The van der Waals surface area contributed by atoms with Crippen LogP contribution >= 0.6 is 11.3 Å². The lowest BCUT2D eigenvalue weighted by Crippen LogP contribution is -2.31. The minimum atomic E-state index is 0.144. The Labute approximate surface area is 112 Å². The van der Waals surface area contributed by atoms with Crippen LogP contribution in [-0.2, 0) is 12.0 Å². The Hall–Kier alpha value is -1.32. The largest absolute Gasteiger partial charge is 0.508 e. The highest BCUT2D eigenvalue weighted by Crippen LogP contribution is 2.26. The number of aromatic hydroxyl groups is 1. The maximum atomic E-state index is 9.40. The fraction of sp³-hybridized carbons (Fsp3) is 0.333. The van der Waals surface area contributed by atoms with E-state index in [9.17, 15) is 5.11 Å². The fourth-order valence-electron chi connectivity index (χ4n) is 1.94. The van der Waals surface area contributed by atoms with E-state index >= 15 is 0 Å². The highest BCUT2D eigenvalue weighted by molar-refractivity contribution is 7.10. The molecule has 0 aliphatic carbocycles. The third-order valence-electron chi connectivity index (χ3n) is 2.99. The van der Waals surface area contributed by atoms with Gasteiger partial charge in [0.05, 0.1) is 0 Å². The van der Waals surface area contributed by atoms with Gasteiger partial charge in [-0.05, 0) is 29.1 Å². The van der Waals surface area contributed by atoms with Crippen LogP contribution in [0, 0.1) is 0 Å². The molecule has 2 rings (SSSR count). The summed E-state index contributed by atoms with van der Waals surface area (Å²) in [6.45, 7) is 6.19. The summed E-state index contributed by atoms with van der Waals surface area (Å²) in [5.41, 5.74) is 1.25. The lowest BCUT2D eigenvalue weighted by molar-refractivity contribution is 0.468. The molecular weight excluding hydrogens is 242 g/mol. The Balaban J connectivity index is 1.89. The Morgan fingerprint density at radius 1 is 1.22 bits per heavy atom. The van der Waals surface area contributed by atoms with Gasteiger partial charge >= 0.3 is 0 Å². The average molecular weight is 261 g/mol. The standard InChI is InChI=1S/C15H19NOS/c1-15(2,14-7-4-8-18-14)11-16-10-12-5-3-6-13(17)9-12/h3-9,16-17H,10-11H2,1-2H3. The van der Waals surface area contributed by atoms with Crippen molar-refractivity contribution in [2.45, 2.75) is 25.8 Å². The van der Waals surface area contributed by atoms with Gasteiger partial charge in [-0.15, -0.1) is 11.3 Å². The molecule has 0 aliphatic rings. The molecule has 0 fully saturated rings. The number of phenolic OH excluding ortho intramolecular Hbond substituents is 1. The van der Waals surface area contributed by atoms with E-state index in [1.807, 2.05) is 12.1 Å². The number of phenols is 1. The van der Waals surface area contributed by atoms with E-state index in [2.05, 4.69) is 36.7 Å². The lowest BCUT2D eigenvalue weighted by atomic mass is 9.91. The topological polar surface area (TPSA) is 32.3 Å². The summed E-state index contributed by atoms with van der Waals surface area (Å²) in [6.07, 6.45) is 0. The predicted molar refractivity (Wildman–Crippen MR) is 77.2 cm³/mol. The maximum absolute atomic E-state index is 9.40. The van der Waals surface area contributed by atoms with E-state index < -0.39 is 0 Å². The highest BCUT2D eigenvalue weighted by atomic mass is 32.1. The monoisotopic (exact) mass is 261 g/mol. The van der Waals surface area contributed by atoms with E-state index in [0.29, 0.717) is 5.75 Å². The Morgan fingerprint density at radius 2 is 2.06 bits per heavy atom. The van der Waals surface area contributed by atoms with Crippen LogP contribution in [0.5, 0.6) is 5.75 Å². The second kappa shape index (κ2) is 5.55. The molecule has 0 bridgehead atoms. The molecule has 2 nitrogen and oxygen atoms in total. The van der Waals surface area contributed by atoms with Gasteiger partial charge in [0.2, 0.25) is 0 Å². The number of hydrogen-bond donors (Lipinski definition) is 2. The first-order valence-electron chi connectivity index (χ1n) is 6.10. The van der Waals surface area contributed by atoms with Gasteiger partial charge in [0, 0.05) is 23.4 Å². The molecule has 1 aromatic heterocycles. The summed E-state index contributed by atoms with van der Waals surface area (Å²) in [7, 11) is 0. The molecule has 1 aromatic carbocycles. The van der Waals surface area contributed by atoms with Gasteiger partial charge in [0.1, 0.15) is 5.75 Å². The van der Waals surface area contributed by atoms with E-state index in [-0.39, 0.29) is 5.41 Å². The van der Waals surface area contributed by atoms with Crippen molar-refractivity contribution in [2.75, 3.05) is 6.54 Å². The molecule has 2 aromatic rings. The molecule has 0 spiro atoms. The quantitative estimate of drug-likeness (QED) is 0.863. The molecule has 0 unspecified atom stereocenters. The van der Waals surface area contributed by atoms with Crippen LogP contribution in [0.3, 0.4) is 0 Å². The van der Waals surface area contributed by atoms with E-state index in [1.54, 1.807) is 23.5 Å². The van der Waals surface area contributed by atoms with Crippen molar-refractivity contribution >= 4 is 11.3 Å². The molecule has 0 atom stereocenters. The Kier molecular flexibility index (Phi) is 4.04. The zero-order chi connectivity index (χ0) is 13.0. The zero-order valence-electron chi connectivity index (χ0n) is 10.8. The van der Waals surface area contributed by atoms with Crippen LogP contribution in [0.15, 0.2) is 41.8 Å². The molecular formula is C15H19NOS. The van der Waals surface area contributed by atoms with E-state index in [1.165, 1.54) is 4.88 Å². The van der Waals surface area contributed by atoms with E-state index in [4.69, 9.17) is 0 Å². The van der Waals surface area contributed by atoms with Gasteiger partial charge in [0.25, 0.3) is 0 Å². The smallest absolute Gasteiger partial charge is 0.115 e. The van der Waals surface area contributed by atoms with Crippen molar-refractivity contribution in [3.63, 3.8) is 0 Å². The van der Waals surface area contributed by atoms with Crippen molar-refractivity contribution in [3.8, 4) is 5.75 Å². The molecule has 0 radical (unpaired) electrons. The first-order chi connectivity index (χ1) is 8.58. The average Bonchev–Trinajstić information content (AvgIpc) is 2.83. The third-order valence-corrected chi connectivity index (χ3v) is 4.23. The summed E-state index contributed by atoms with van der Waals surface area (Å²) >= 11 is 1.80. The Morgan fingerprint density at radius 3 is 2.72 bits per heavy atom. The van der Waals surface area contributed by atoms with Crippen molar-refractivity contribution in [1.82, 2.24) is 5.32 Å². The minimum absolute atomic E-state index is 0.144. The molecule has 18 heavy (non-hydrogen) atoms. The van der Waals surface area contributed by atoms with Gasteiger partial charge in [-0.3, -0.25) is 0 Å². The predicted octanol–water partition coefficient (Wildman–Crippen LogP) is 3.52. The van der Waals surface area contributed by atoms with Crippen LogP contribution in [0.2, 0.25) is 0 Å². The first kappa shape index (κ1) is 13.1. The zero-order valence-corrected chi connectivity index (χ0v) is 11.6. The van der Waals surface area contributed by atoms with Crippen LogP contribution < -0.4 is 5.32 Å². The number of rotatable bonds is 5. The minimum Gasteiger partial charge on any atom is -0.508 e. The number of nitrogens with one attached hydrogen (secondary N) is 1. The molecule has 0 amide bonds. The number of thiophene rings is 1. The molecule has 0 saturated carbocycles.